The number of hydrogen-bond donors (Lipinski definition) is 1. The number of H-pyrrole nitrogens is 1. The summed E-state index contributed by atoms with van der Waals surface area (Å²) in [5.41, 5.74) is 1.27. The first-order chi connectivity index (χ1) is 9.25. The molecule has 6 heteroatoms. The predicted molar refractivity (Wildman–Crippen MR) is 75.2 cm³/mol. The summed E-state index contributed by atoms with van der Waals surface area (Å²) in [4.78, 5) is 3.00. The third-order valence-corrected chi connectivity index (χ3v) is 3.90. The number of aryl methyl sites for hydroxylation is 4. The van der Waals surface area contributed by atoms with Gasteiger partial charge in [-0.1, -0.05) is 19.1 Å². The van der Waals surface area contributed by atoms with E-state index >= 15 is 0 Å². The highest BCUT2D eigenvalue weighted by Crippen LogP contribution is 2.15. The highest BCUT2D eigenvalue weighted by Gasteiger charge is 2.04. The monoisotopic (exact) mass is 296 g/mol. The topological polar surface area (TPSA) is 76.9 Å². The minimum atomic E-state index is -4.31. The van der Waals surface area contributed by atoms with Gasteiger partial charge in [0.15, 0.2) is 0 Å². The zero-order valence-electron chi connectivity index (χ0n) is 12.2. The molecule has 2 rings (SSSR count). The van der Waals surface area contributed by atoms with Gasteiger partial charge in [0.25, 0.3) is 5.82 Å². The van der Waals surface area contributed by atoms with Gasteiger partial charge in [-0.3, -0.25) is 0 Å². The fourth-order valence-corrected chi connectivity index (χ4v) is 2.56. The van der Waals surface area contributed by atoms with Crippen molar-refractivity contribution >= 4 is 10.1 Å². The van der Waals surface area contributed by atoms with Gasteiger partial charge < -0.3 is 4.55 Å². The van der Waals surface area contributed by atoms with Crippen LogP contribution in [-0.2, 0) is 23.6 Å². The summed E-state index contributed by atoms with van der Waals surface area (Å²) >= 11 is 0. The molecule has 0 amide bonds. The van der Waals surface area contributed by atoms with Crippen molar-refractivity contribution in [3.63, 3.8) is 0 Å². The lowest BCUT2D eigenvalue weighted by Crippen LogP contribution is -2.29. The summed E-state index contributed by atoms with van der Waals surface area (Å²) in [6.45, 7) is 5.48. The fraction of sp³-hybridized carbons (Fsp3) is 0.357. The average Bonchev–Trinajstić information content (AvgIpc) is 2.77. The van der Waals surface area contributed by atoms with Gasteiger partial charge in [0, 0.05) is 6.42 Å². The SMILES string of the molecule is CCc1[nH]cc[n+]1C.Cc1ccc(C)c(S(=O)(=O)[O-])c1. The minimum absolute atomic E-state index is 0.123. The molecule has 2 aromatic rings. The molecule has 0 aliphatic rings. The zero-order chi connectivity index (χ0) is 15.3. The molecular formula is C14H20N2O3S. The van der Waals surface area contributed by atoms with Crippen LogP contribution in [0.2, 0.25) is 0 Å². The maximum Gasteiger partial charge on any atom is 0.253 e. The molecular weight excluding hydrogens is 276 g/mol. The van der Waals surface area contributed by atoms with Crippen LogP contribution in [-0.4, -0.2) is 18.0 Å². The first-order valence-corrected chi connectivity index (χ1v) is 7.71. The van der Waals surface area contributed by atoms with Crippen LogP contribution in [0, 0.1) is 13.8 Å². The van der Waals surface area contributed by atoms with Crippen LogP contribution >= 0.6 is 0 Å². The number of nitrogens with zero attached hydrogens (tertiary/aromatic N) is 1. The van der Waals surface area contributed by atoms with E-state index in [0.29, 0.717) is 5.56 Å². The van der Waals surface area contributed by atoms with E-state index in [-0.39, 0.29) is 4.90 Å². The Hall–Kier alpha value is -1.66. The molecule has 0 atom stereocenters. The molecule has 1 N–H and O–H groups in total. The van der Waals surface area contributed by atoms with Crippen molar-refractivity contribution in [3.8, 4) is 0 Å². The minimum Gasteiger partial charge on any atom is -0.744 e. The Bertz CT molecular complexity index is 675. The summed E-state index contributed by atoms with van der Waals surface area (Å²) in [6, 6.07) is 4.78. The van der Waals surface area contributed by atoms with Crippen molar-refractivity contribution in [1.82, 2.24) is 4.98 Å². The normalized spacial score (nSPS) is 10.8. The fourth-order valence-electron chi connectivity index (χ4n) is 1.77. The van der Waals surface area contributed by atoms with Gasteiger partial charge in [0.05, 0.1) is 11.9 Å². The van der Waals surface area contributed by atoms with Crippen LogP contribution in [0.3, 0.4) is 0 Å². The molecule has 0 unspecified atom stereocenters. The average molecular weight is 296 g/mol. The van der Waals surface area contributed by atoms with Crippen molar-refractivity contribution < 1.29 is 17.5 Å². The Balaban J connectivity index is 0.000000217. The third kappa shape index (κ3) is 4.47. The lowest BCUT2D eigenvalue weighted by atomic mass is 10.2. The molecule has 110 valence electrons. The second-order valence-electron chi connectivity index (χ2n) is 4.59. The molecule has 0 aliphatic carbocycles. The van der Waals surface area contributed by atoms with Crippen LogP contribution < -0.4 is 4.57 Å². The predicted octanol–water partition coefficient (Wildman–Crippen LogP) is 1.61. The summed E-state index contributed by atoms with van der Waals surface area (Å²) in [5.74, 6) is 1.27. The van der Waals surface area contributed by atoms with E-state index in [1.807, 2.05) is 19.4 Å². The van der Waals surface area contributed by atoms with Gasteiger partial charge in [-0.2, -0.15) is 0 Å². The lowest BCUT2D eigenvalue weighted by molar-refractivity contribution is -0.677. The highest BCUT2D eigenvalue weighted by molar-refractivity contribution is 7.85. The highest BCUT2D eigenvalue weighted by atomic mass is 32.2. The Morgan fingerprint density at radius 2 is 1.95 bits per heavy atom. The van der Waals surface area contributed by atoms with E-state index < -0.39 is 10.1 Å². The smallest absolute Gasteiger partial charge is 0.253 e. The largest absolute Gasteiger partial charge is 0.744 e. The van der Waals surface area contributed by atoms with Crippen molar-refractivity contribution in [3.05, 3.63) is 47.5 Å². The Labute approximate surface area is 120 Å². The maximum atomic E-state index is 10.7. The molecule has 0 fully saturated rings. The number of aromatic amines is 1. The second kappa shape index (κ2) is 6.67. The van der Waals surface area contributed by atoms with Crippen molar-refractivity contribution in [2.75, 3.05) is 0 Å². The number of rotatable bonds is 2. The molecule has 0 bridgehead atoms. The molecule has 0 aliphatic heterocycles. The summed E-state index contributed by atoms with van der Waals surface area (Å²) in [6.07, 6.45) is 5.03. The Kier molecular flexibility index (Phi) is 5.47. The molecule has 0 saturated heterocycles. The first kappa shape index (κ1) is 16.4. The number of benzene rings is 1. The third-order valence-electron chi connectivity index (χ3n) is 2.92. The van der Waals surface area contributed by atoms with E-state index in [0.717, 1.165) is 12.0 Å². The maximum absolute atomic E-state index is 10.7. The van der Waals surface area contributed by atoms with E-state index in [9.17, 15) is 13.0 Å². The van der Waals surface area contributed by atoms with Gasteiger partial charge >= 0.3 is 0 Å². The standard InChI is InChI=1S/C8H10O3S.C6H10N2/c1-6-3-4-7(2)8(5-6)12(9,10)11;1-3-6-7-4-5-8(6)2/h3-5H,1-2H3,(H,9,10,11);4-5H,3H2,1-2H3. The summed E-state index contributed by atoms with van der Waals surface area (Å²) < 4.78 is 34.0. The zero-order valence-corrected chi connectivity index (χ0v) is 13.0. The number of nitrogens with one attached hydrogen (secondary N) is 1. The number of hydrogen-bond acceptors (Lipinski definition) is 3. The molecule has 0 spiro atoms. The quantitative estimate of drug-likeness (QED) is 0.675. The molecule has 0 radical (unpaired) electrons. The number of imidazole rings is 1. The summed E-state index contributed by atoms with van der Waals surface area (Å²) in [5, 5.41) is 0. The molecule has 5 nitrogen and oxygen atoms in total. The van der Waals surface area contributed by atoms with E-state index in [2.05, 4.69) is 16.5 Å². The van der Waals surface area contributed by atoms with E-state index in [1.54, 1.807) is 26.0 Å². The Morgan fingerprint density at radius 3 is 2.30 bits per heavy atom. The van der Waals surface area contributed by atoms with Crippen LogP contribution in [0.25, 0.3) is 0 Å². The summed E-state index contributed by atoms with van der Waals surface area (Å²) in [7, 11) is -2.27. The van der Waals surface area contributed by atoms with Crippen LogP contribution in [0.15, 0.2) is 35.5 Å². The van der Waals surface area contributed by atoms with Gasteiger partial charge in [-0.05, 0) is 31.0 Å². The van der Waals surface area contributed by atoms with E-state index in [1.165, 1.54) is 11.9 Å². The number of aromatic nitrogens is 2. The van der Waals surface area contributed by atoms with E-state index in [4.69, 9.17) is 0 Å². The molecule has 1 heterocycles. The van der Waals surface area contributed by atoms with Crippen molar-refractivity contribution in [1.29, 1.82) is 0 Å². The lowest BCUT2D eigenvalue weighted by Gasteiger charge is -2.10. The van der Waals surface area contributed by atoms with Crippen LogP contribution in [0.1, 0.15) is 23.9 Å². The van der Waals surface area contributed by atoms with Gasteiger partial charge in [0.1, 0.15) is 22.5 Å². The van der Waals surface area contributed by atoms with Crippen molar-refractivity contribution in [2.45, 2.75) is 32.1 Å². The van der Waals surface area contributed by atoms with Gasteiger partial charge in [-0.15, -0.1) is 0 Å². The second-order valence-corrected chi connectivity index (χ2v) is 5.94. The van der Waals surface area contributed by atoms with Gasteiger partial charge in [-0.25, -0.2) is 18.0 Å². The Morgan fingerprint density at radius 1 is 1.30 bits per heavy atom. The molecule has 1 aromatic carbocycles. The van der Waals surface area contributed by atoms with Crippen LogP contribution in [0.4, 0.5) is 0 Å². The molecule has 1 aromatic heterocycles. The molecule has 0 saturated carbocycles. The van der Waals surface area contributed by atoms with Gasteiger partial charge in [0.2, 0.25) is 0 Å². The molecule has 20 heavy (non-hydrogen) atoms. The van der Waals surface area contributed by atoms with Crippen molar-refractivity contribution in [2.24, 2.45) is 7.05 Å². The van der Waals surface area contributed by atoms with Crippen LogP contribution in [0.5, 0.6) is 0 Å². The first-order valence-electron chi connectivity index (χ1n) is 6.30.